The number of aromatic nitrogens is 3. The minimum absolute atomic E-state index is 0.146. The molecule has 0 spiro atoms. The molecule has 0 unspecified atom stereocenters. The molecule has 3 N–H and O–H groups in total. The smallest absolute Gasteiger partial charge is 0.112 e. The summed E-state index contributed by atoms with van der Waals surface area (Å²) in [6.07, 6.45) is 3.32. The molecule has 172 valence electrons. The summed E-state index contributed by atoms with van der Waals surface area (Å²) in [7, 11) is 0. The van der Waals surface area contributed by atoms with Crippen LogP contribution in [0.25, 0.3) is 22.3 Å². The van der Waals surface area contributed by atoms with Gasteiger partial charge < -0.3 is 19.7 Å². The molecule has 1 aliphatic heterocycles. The summed E-state index contributed by atoms with van der Waals surface area (Å²) < 4.78 is 5.46. The van der Waals surface area contributed by atoms with Gasteiger partial charge in [-0.2, -0.15) is 5.10 Å². The molecule has 0 bridgehead atoms. The Balaban J connectivity index is 1.37. The van der Waals surface area contributed by atoms with Crippen LogP contribution in [-0.2, 0) is 17.6 Å². The first kappa shape index (κ1) is 21.5. The van der Waals surface area contributed by atoms with Gasteiger partial charge in [0, 0.05) is 60.6 Å². The number of fused-ring (bicyclic) bond motifs is 2. The fourth-order valence-electron chi connectivity index (χ4n) is 5.09. The number of nitrogens with one attached hydrogen (secondary N) is 2. The van der Waals surface area contributed by atoms with Gasteiger partial charge in [0.1, 0.15) is 5.69 Å². The van der Waals surface area contributed by atoms with Crippen molar-refractivity contribution in [1.29, 1.82) is 0 Å². The Morgan fingerprint density at radius 3 is 2.84 bits per heavy atom. The molecule has 0 radical (unpaired) electrons. The van der Waals surface area contributed by atoms with E-state index < -0.39 is 0 Å². The minimum atomic E-state index is 0.146. The number of nitrogens with zero attached hydrogens (tertiary/aromatic N) is 3. The van der Waals surface area contributed by atoms with E-state index in [0.717, 1.165) is 74.8 Å². The maximum Gasteiger partial charge on any atom is 0.112 e. The first-order valence-electron chi connectivity index (χ1n) is 11.9. The number of hydrogen-bond donors (Lipinski definition) is 3. The third-order valence-corrected chi connectivity index (χ3v) is 7.05. The Kier molecular flexibility index (Phi) is 5.97. The van der Waals surface area contributed by atoms with E-state index in [1.807, 2.05) is 0 Å². The highest BCUT2D eigenvalue weighted by molar-refractivity contribution is 5.88. The fourth-order valence-corrected chi connectivity index (χ4v) is 5.09. The van der Waals surface area contributed by atoms with Gasteiger partial charge in [-0.1, -0.05) is 19.9 Å². The first-order valence-corrected chi connectivity index (χ1v) is 11.9. The summed E-state index contributed by atoms with van der Waals surface area (Å²) in [5.41, 5.74) is 7.38. The van der Waals surface area contributed by atoms with Crippen molar-refractivity contribution in [2.24, 2.45) is 5.41 Å². The molecular weight excluding hydrogens is 402 g/mol. The molecule has 32 heavy (non-hydrogen) atoms. The molecule has 2 aromatic heterocycles. The zero-order valence-corrected chi connectivity index (χ0v) is 19.3. The maximum absolute atomic E-state index is 9.63. The van der Waals surface area contributed by atoms with Crippen molar-refractivity contribution >= 4 is 16.6 Å². The van der Waals surface area contributed by atoms with Gasteiger partial charge in [0.15, 0.2) is 0 Å². The van der Waals surface area contributed by atoms with Gasteiger partial charge in [-0.25, -0.2) is 0 Å². The highest BCUT2D eigenvalue weighted by Crippen LogP contribution is 2.38. The molecule has 3 aromatic rings. The quantitative estimate of drug-likeness (QED) is 0.529. The summed E-state index contributed by atoms with van der Waals surface area (Å²) in [4.78, 5) is 8.32. The third kappa shape index (κ3) is 4.42. The number of hydrogen-bond acceptors (Lipinski definition) is 5. The minimum Gasteiger partial charge on any atom is -0.395 e. The lowest BCUT2D eigenvalue weighted by atomic mass is 9.76. The van der Waals surface area contributed by atoms with Crippen LogP contribution in [0.2, 0.25) is 0 Å². The second kappa shape index (κ2) is 8.89. The van der Waals surface area contributed by atoms with Gasteiger partial charge in [-0.15, -0.1) is 0 Å². The van der Waals surface area contributed by atoms with E-state index >= 15 is 0 Å². The van der Waals surface area contributed by atoms with Crippen LogP contribution in [-0.4, -0.2) is 77.7 Å². The second-order valence-corrected chi connectivity index (χ2v) is 9.99. The largest absolute Gasteiger partial charge is 0.395 e. The van der Waals surface area contributed by atoms with E-state index in [-0.39, 0.29) is 6.61 Å². The van der Waals surface area contributed by atoms with Gasteiger partial charge in [-0.3, -0.25) is 10.00 Å². The summed E-state index contributed by atoms with van der Waals surface area (Å²) in [6.45, 7) is 10.9. The lowest BCUT2D eigenvalue weighted by molar-refractivity contribution is 0.0391. The lowest BCUT2D eigenvalue weighted by Gasteiger charge is -2.31. The molecule has 1 aromatic carbocycles. The predicted octanol–water partition coefficient (Wildman–Crippen LogP) is 3.20. The van der Waals surface area contributed by atoms with Crippen LogP contribution in [0, 0.1) is 5.41 Å². The maximum atomic E-state index is 9.63. The van der Waals surface area contributed by atoms with E-state index in [4.69, 9.17) is 4.74 Å². The van der Waals surface area contributed by atoms with E-state index in [1.54, 1.807) is 0 Å². The molecule has 7 nitrogen and oxygen atoms in total. The lowest BCUT2D eigenvalue weighted by Crippen LogP contribution is -2.42. The number of aliphatic hydroxyl groups excluding tert-OH is 1. The molecule has 0 amide bonds. The van der Waals surface area contributed by atoms with Crippen molar-refractivity contribution in [3.8, 4) is 11.4 Å². The number of ether oxygens (including phenoxy) is 1. The van der Waals surface area contributed by atoms with Gasteiger partial charge >= 0.3 is 0 Å². The highest BCUT2D eigenvalue weighted by Gasteiger charge is 2.29. The van der Waals surface area contributed by atoms with Gasteiger partial charge in [0.2, 0.25) is 0 Å². The Morgan fingerprint density at radius 2 is 2.03 bits per heavy atom. The van der Waals surface area contributed by atoms with E-state index in [9.17, 15) is 5.11 Å². The van der Waals surface area contributed by atoms with E-state index in [0.29, 0.717) is 12.0 Å². The fraction of sp³-hybridized carbons (Fsp3) is 0.560. The molecule has 5 rings (SSSR count). The molecule has 0 atom stereocenters. The summed E-state index contributed by atoms with van der Waals surface area (Å²) in [5.74, 6) is 0. The average molecular weight is 438 g/mol. The molecule has 2 aliphatic rings. The van der Waals surface area contributed by atoms with Crippen molar-refractivity contribution in [2.45, 2.75) is 33.1 Å². The normalized spacial score (nSPS) is 18.7. The summed E-state index contributed by atoms with van der Waals surface area (Å²) in [5, 5.41) is 18.8. The Hall–Kier alpha value is -2.35. The van der Waals surface area contributed by atoms with Crippen LogP contribution in [0.1, 0.15) is 31.5 Å². The Labute approximate surface area is 189 Å². The Morgan fingerprint density at radius 1 is 1.19 bits per heavy atom. The molecule has 1 aliphatic carbocycles. The van der Waals surface area contributed by atoms with Gasteiger partial charge in [0.05, 0.1) is 25.5 Å². The van der Waals surface area contributed by atoms with Crippen LogP contribution < -0.4 is 4.90 Å². The third-order valence-electron chi connectivity index (χ3n) is 7.05. The Bertz CT molecular complexity index is 1060. The predicted molar refractivity (Wildman–Crippen MR) is 128 cm³/mol. The van der Waals surface area contributed by atoms with Crippen molar-refractivity contribution in [3.05, 3.63) is 35.5 Å². The van der Waals surface area contributed by atoms with Crippen LogP contribution in [0.4, 0.5) is 5.69 Å². The van der Waals surface area contributed by atoms with Crippen molar-refractivity contribution in [3.63, 3.8) is 0 Å². The van der Waals surface area contributed by atoms with E-state index in [2.05, 4.69) is 63.1 Å². The van der Waals surface area contributed by atoms with Gasteiger partial charge in [0.25, 0.3) is 0 Å². The number of aliphatic hydroxyl groups is 1. The zero-order valence-electron chi connectivity index (χ0n) is 19.3. The topological polar surface area (TPSA) is 80.4 Å². The standard InChI is InChI=1S/C25H35N5O2/c1-25(2)6-5-20-23(17-25)27-28-24(20)22-15-18-3-4-19(16-21(18)26-22)30(9-12-31)8-7-29-10-13-32-14-11-29/h3-4,15-16,26,31H,5-14,17H2,1-2H3,(H,27,28). The van der Waals surface area contributed by atoms with Crippen LogP contribution in [0.3, 0.4) is 0 Å². The second-order valence-electron chi connectivity index (χ2n) is 9.99. The molecule has 3 heterocycles. The van der Waals surface area contributed by atoms with Crippen molar-refractivity contribution in [2.75, 3.05) is 57.4 Å². The zero-order chi connectivity index (χ0) is 22.1. The number of aromatic amines is 2. The molecule has 1 saturated heterocycles. The number of H-pyrrole nitrogens is 2. The monoisotopic (exact) mass is 437 g/mol. The van der Waals surface area contributed by atoms with Crippen molar-refractivity contribution < 1.29 is 9.84 Å². The summed E-state index contributed by atoms with van der Waals surface area (Å²) in [6, 6.07) is 8.75. The number of morpholine rings is 1. The first-order chi connectivity index (χ1) is 15.5. The number of anilines is 1. The van der Waals surface area contributed by atoms with Crippen LogP contribution in [0.15, 0.2) is 24.3 Å². The highest BCUT2D eigenvalue weighted by atomic mass is 16.5. The van der Waals surface area contributed by atoms with Crippen LogP contribution >= 0.6 is 0 Å². The molecule has 1 fully saturated rings. The summed E-state index contributed by atoms with van der Waals surface area (Å²) >= 11 is 0. The number of benzene rings is 1. The SMILES string of the molecule is CC1(C)CCc2c(-c3cc4ccc(N(CCO)CCN5CCOCC5)cc4[nH]3)n[nH]c2C1. The van der Waals surface area contributed by atoms with E-state index in [1.165, 1.54) is 23.1 Å². The molecule has 0 saturated carbocycles. The van der Waals surface area contributed by atoms with Crippen LogP contribution in [0.5, 0.6) is 0 Å². The average Bonchev–Trinajstić information content (AvgIpc) is 3.39. The molecular formula is C25H35N5O2. The number of rotatable bonds is 7. The molecule has 7 heteroatoms. The van der Waals surface area contributed by atoms with Crippen molar-refractivity contribution in [1.82, 2.24) is 20.1 Å². The van der Waals surface area contributed by atoms with Gasteiger partial charge in [-0.05, 0) is 42.9 Å².